The second kappa shape index (κ2) is 6.09. The third-order valence-electron chi connectivity index (χ3n) is 2.38. The summed E-state index contributed by atoms with van der Waals surface area (Å²) >= 11 is 4.75. The van der Waals surface area contributed by atoms with Crippen molar-refractivity contribution in [3.05, 3.63) is 35.9 Å². The first-order valence-electron chi connectivity index (χ1n) is 5.29. The lowest BCUT2D eigenvalue weighted by molar-refractivity contribution is 0.574. The molecule has 1 rings (SSSR count). The smallest absolute Gasteiger partial charge is 0.221 e. The lowest BCUT2D eigenvalue weighted by atomic mass is 10.2. The molecular formula is C11H16N2O2S2. The zero-order valence-electron chi connectivity index (χ0n) is 9.59. The summed E-state index contributed by atoms with van der Waals surface area (Å²) in [4.78, 5) is 0.00746. The molecule has 0 heterocycles. The third kappa shape index (κ3) is 4.07. The molecule has 0 saturated carbocycles. The first-order valence-corrected chi connectivity index (χ1v) is 7.24. The predicted octanol–water partition coefficient (Wildman–Crippen LogP) is 1.17. The Hall–Kier alpha value is -0.980. The van der Waals surface area contributed by atoms with Gasteiger partial charge in [-0.15, -0.1) is 0 Å². The van der Waals surface area contributed by atoms with Gasteiger partial charge in [-0.25, -0.2) is 13.1 Å². The van der Waals surface area contributed by atoms with Crippen LogP contribution in [0.4, 0.5) is 0 Å². The van der Waals surface area contributed by atoms with Gasteiger partial charge in [0.2, 0.25) is 10.0 Å². The molecule has 17 heavy (non-hydrogen) atoms. The largest absolute Gasteiger partial charge is 0.392 e. The minimum Gasteiger partial charge on any atom is -0.392 e. The number of hydrogen-bond acceptors (Lipinski definition) is 3. The van der Waals surface area contributed by atoms with E-state index in [9.17, 15) is 8.42 Å². The van der Waals surface area contributed by atoms with Gasteiger partial charge in [0.25, 0.3) is 0 Å². The van der Waals surface area contributed by atoms with E-state index >= 15 is 0 Å². The van der Waals surface area contributed by atoms with Crippen LogP contribution in [0.25, 0.3) is 0 Å². The Balaban J connectivity index is 2.71. The summed E-state index contributed by atoms with van der Waals surface area (Å²) < 4.78 is 26.3. The molecule has 1 unspecified atom stereocenters. The van der Waals surface area contributed by atoms with Crippen LogP contribution in [0.5, 0.6) is 0 Å². The van der Waals surface area contributed by atoms with Crippen molar-refractivity contribution in [3.8, 4) is 0 Å². The van der Waals surface area contributed by atoms with Crippen molar-refractivity contribution in [3.63, 3.8) is 0 Å². The monoisotopic (exact) mass is 272 g/mol. The number of thiocarbonyl (C=S) groups is 1. The highest BCUT2D eigenvalue weighted by molar-refractivity contribution is 7.93. The average Bonchev–Trinajstić information content (AvgIpc) is 2.28. The molecule has 6 heteroatoms. The van der Waals surface area contributed by atoms with Crippen molar-refractivity contribution in [2.75, 3.05) is 0 Å². The van der Waals surface area contributed by atoms with E-state index in [1.807, 2.05) is 30.3 Å². The van der Waals surface area contributed by atoms with Crippen LogP contribution in [-0.2, 0) is 16.6 Å². The molecule has 0 fully saturated rings. The van der Waals surface area contributed by atoms with Gasteiger partial charge in [0.05, 0.1) is 4.99 Å². The zero-order chi connectivity index (χ0) is 12.9. The number of benzene rings is 1. The lowest BCUT2D eigenvalue weighted by Crippen LogP contribution is -2.41. The molecule has 4 nitrogen and oxygen atoms in total. The Morgan fingerprint density at radius 1 is 1.41 bits per heavy atom. The van der Waals surface area contributed by atoms with Crippen LogP contribution in [-0.4, -0.2) is 18.7 Å². The van der Waals surface area contributed by atoms with Gasteiger partial charge >= 0.3 is 0 Å². The molecule has 0 aliphatic carbocycles. The van der Waals surface area contributed by atoms with Gasteiger partial charge in [0, 0.05) is 6.54 Å². The second-order valence-corrected chi connectivity index (χ2v) is 6.07. The average molecular weight is 272 g/mol. The van der Waals surface area contributed by atoms with E-state index in [0.29, 0.717) is 6.42 Å². The highest BCUT2D eigenvalue weighted by atomic mass is 32.2. The first-order chi connectivity index (χ1) is 7.97. The van der Waals surface area contributed by atoms with E-state index in [0.717, 1.165) is 5.56 Å². The molecule has 0 saturated heterocycles. The molecule has 0 aliphatic rings. The zero-order valence-corrected chi connectivity index (χ0v) is 11.2. The quantitative estimate of drug-likeness (QED) is 0.763. The number of sulfonamides is 1. The molecule has 0 amide bonds. The Bertz CT molecular complexity index is 472. The summed E-state index contributed by atoms with van der Waals surface area (Å²) in [5, 5.41) is -0.804. The normalized spacial score (nSPS) is 13.2. The molecule has 1 aromatic carbocycles. The maximum atomic E-state index is 11.9. The van der Waals surface area contributed by atoms with Crippen molar-refractivity contribution >= 4 is 27.2 Å². The fourth-order valence-corrected chi connectivity index (χ4v) is 3.31. The van der Waals surface area contributed by atoms with Crippen LogP contribution in [0, 0.1) is 0 Å². The predicted molar refractivity (Wildman–Crippen MR) is 73.1 cm³/mol. The summed E-state index contributed by atoms with van der Waals surface area (Å²) in [5.74, 6) is 0. The SMILES string of the molecule is CCC(C(N)=S)S(=O)(=O)NCc1ccccc1. The molecule has 94 valence electrons. The van der Waals surface area contributed by atoms with Crippen LogP contribution in [0.2, 0.25) is 0 Å². The van der Waals surface area contributed by atoms with Crippen LogP contribution in [0.1, 0.15) is 18.9 Å². The summed E-state index contributed by atoms with van der Waals surface area (Å²) in [6, 6.07) is 9.29. The van der Waals surface area contributed by atoms with Gasteiger partial charge in [-0.05, 0) is 12.0 Å². The topological polar surface area (TPSA) is 72.2 Å². The van der Waals surface area contributed by atoms with E-state index in [4.69, 9.17) is 18.0 Å². The molecule has 0 aromatic heterocycles. The van der Waals surface area contributed by atoms with Gasteiger partial charge in [-0.1, -0.05) is 49.5 Å². The summed E-state index contributed by atoms with van der Waals surface area (Å²) in [5.41, 5.74) is 6.31. The van der Waals surface area contributed by atoms with Crippen LogP contribution < -0.4 is 10.5 Å². The van der Waals surface area contributed by atoms with E-state index in [1.165, 1.54) is 0 Å². The Morgan fingerprint density at radius 3 is 2.47 bits per heavy atom. The van der Waals surface area contributed by atoms with Crippen molar-refractivity contribution < 1.29 is 8.42 Å². The van der Waals surface area contributed by atoms with Gasteiger partial charge in [-0.3, -0.25) is 0 Å². The number of rotatable bonds is 6. The number of hydrogen-bond donors (Lipinski definition) is 2. The van der Waals surface area contributed by atoms with E-state index in [2.05, 4.69) is 4.72 Å². The molecule has 3 N–H and O–H groups in total. The van der Waals surface area contributed by atoms with Crippen LogP contribution in [0.15, 0.2) is 30.3 Å². The molecule has 0 radical (unpaired) electrons. The minimum absolute atomic E-state index is 0.00746. The molecule has 1 atom stereocenters. The third-order valence-corrected chi connectivity index (χ3v) is 4.70. The number of nitrogens with one attached hydrogen (secondary N) is 1. The Kier molecular flexibility index (Phi) is 5.04. The molecule has 0 aliphatic heterocycles. The molecule has 0 spiro atoms. The highest BCUT2D eigenvalue weighted by Gasteiger charge is 2.25. The minimum atomic E-state index is -3.49. The van der Waals surface area contributed by atoms with Crippen molar-refractivity contribution in [2.24, 2.45) is 5.73 Å². The van der Waals surface area contributed by atoms with Gasteiger partial charge in [0.1, 0.15) is 5.25 Å². The van der Waals surface area contributed by atoms with Gasteiger partial charge in [0.15, 0.2) is 0 Å². The van der Waals surface area contributed by atoms with Crippen molar-refractivity contribution in [1.82, 2.24) is 4.72 Å². The van der Waals surface area contributed by atoms with Crippen molar-refractivity contribution in [2.45, 2.75) is 25.1 Å². The molecule has 0 bridgehead atoms. The Labute approximate surface area is 107 Å². The fourth-order valence-electron chi connectivity index (χ4n) is 1.45. The van der Waals surface area contributed by atoms with Gasteiger partial charge < -0.3 is 5.73 Å². The maximum Gasteiger partial charge on any atom is 0.221 e. The van der Waals surface area contributed by atoms with E-state index in [1.54, 1.807) is 6.92 Å². The Morgan fingerprint density at radius 2 is 2.00 bits per heavy atom. The van der Waals surface area contributed by atoms with Crippen molar-refractivity contribution in [1.29, 1.82) is 0 Å². The maximum absolute atomic E-state index is 11.9. The highest BCUT2D eigenvalue weighted by Crippen LogP contribution is 2.06. The number of nitrogens with two attached hydrogens (primary N) is 1. The summed E-state index contributed by atoms with van der Waals surface area (Å²) in [7, 11) is -3.49. The van der Waals surface area contributed by atoms with Crippen LogP contribution in [0.3, 0.4) is 0 Å². The lowest BCUT2D eigenvalue weighted by Gasteiger charge is -2.15. The molecular weight excluding hydrogens is 256 g/mol. The fraction of sp³-hybridized carbons (Fsp3) is 0.364. The summed E-state index contributed by atoms with van der Waals surface area (Å²) in [6.07, 6.45) is 0.374. The van der Waals surface area contributed by atoms with Gasteiger partial charge in [-0.2, -0.15) is 0 Å². The van der Waals surface area contributed by atoms with E-state index in [-0.39, 0.29) is 11.5 Å². The molecule has 1 aromatic rings. The first kappa shape index (κ1) is 14.1. The van der Waals surface area contributed by atoms with Crippen LogP contribution >= 0.6 is 12.2 Å². The summed E-state index contributed by atoms with van der Waals surface area (Å²) in [6.45, 7) is 1.99. The standard InChI is InChI=1S/C11H16N2O2S2/c1-2-10(11(12)16)17(14,15)13-8-9-6-4-3-5-7-9/h3-7,10,13H,2,8H2,1H3,(H2,12,16). The second-order valence-electron chi connectivity index (χ2n) is 3.65. The van der Waals surface area contributed by atoms with E-state index < -0.39 is 15.3 Å².